The molecule has 4 rings (SSSR count). The highest BCUT2D eigenvalue weighted by molar-refractivity contribution is 6.00. The zero-order chi connectivity index (χ0) is 19.7. The van der Waals surface area contributed by atoms with Gasteiger partial charge in [0.15, 0.2) is 0 Å². The molecule has 0 radical (unpaired) electrons. The zero-order valence-electron chi connectivity index (χ0n) is 15.3. The first-order chi connectivity index (χ1) is 13.6. The molecule has 0 spiro atoms. The van der Waals surface area contributed by atoms with E-state index < -0.39 is 11.5 Å². The van der Waals surface area contributed by atoms with Crippen LogP contribution >= 0.6 is 0 Å². The summed E-state index contributed by atoms with van der Waals surface area (Å²) >= 11 is 0. The number of ether oxygens (including phenoxy) is 1. The molecular weight excluding hydrogens is 364 g/mol. The second-order valence-corrected chi connectivity index (χ2v) is 6.39. The van der Waals surface area contributed by atoms with E-state index in [0.717, 1.165) is 28.7 Å². The molecule has 144 valence electrons. The van der Waals surface area contributed by atoms with Gasteiger partial charge in [-0.3, -0.25) is 14.2 Å². The van der Waals surface area contributed by atoms with E-state index in [1.54, 1.807) is 11.8 Å². The van der Waals surface area contributed by atoms with Gasteiger partial charge in [0, 0.05) is 12.2 Å². The highest BCUT2D eigenvalue weighted by Gasteiger charge is 2.25. The number of para-hydroxylation sites is 1. The van der Waals surface area contributed by atoms with Crippen molar-refractivity contribution in [2.75, 3.05) is 18.1 Å². The van der Waals surface area contributed by atoms with E-state index in [2.05, 4.69) is 10.1 Å². The molecule has 0 saturated carbocycles. The first-order valence-corrected chi connectivity index (χ1v) is 9.00. The van der Waals surface area contributed by atoms with Crippen LogP contribution in [0, 0.1) is 0 Å². The summed E-state index contributed by atoms with van der Waals surface area (Å²) in [7, 11) is 0. The van der Waals surface area contributed by atoms with Gasteiger partial charge >= 0.3 is 5.97 Å². The van der Waals surface area contributed by atoms with Crippen molar-refractivity contribution in [1.29, 1.82) is 0 Å². The van der Waals surface area contributed by atoms with E-state index in [9.17, 15) is 14.4 Å². The third-order valence-electron chi connectivity index (χ3n) is 4.65. The Morgan fingerprint density at radius 3 is 2.93 bits per heavy atom. The average Bonchev–Trinajstić information content (AvgIpc) is 3.15. The fourth-order valence-corrected chi connectivity index (χ4v) is 3.36. The largest absolute Gasteiger partial charge is 0.461 e. The molecule has 9 heteroatoms. The van der Waals surface area contributed by atoms with Gasteiger partial charge in [-0.05, 0) is 31.4 Å². The third-order valence-corrected chi connectivity index (χ3v) is 4.65. The molecule has 28 heavy (non-hydrogen) atoms. The van der Waals surface area contributed by atoms with Gasteiger partial charge < -0.3 is 14.2 Å². The Kier molecular flexibility index (Phi) is 4.64. The maximum atomic E-state index is 12.9. The number of carbonyl (C=O) groups is 2. The fraction of sp³-hybridized carbons (Fsp3) is 0.316. The number of anilines is 1. The van der Waals surface area contributed by atoms with Gasteiger partial charge in [0.2, 0.25) is 11.6 Å². The summed E-state index contributed by atoms with van der Waals surface area (Å²) in [5.74, 6) is -1.00. The van der Waals surface area contributed by atoms with E-state index >= 15 is 0 Å². The number of fused-ring (bicyclic) bond motifs is 2. The Hall–Kier alpha value is -3.49. The normalized spacial score (nSPS) is 13.4. The fourth-order valence-electron chi connectivity index (χ4n) is 3.36. The second kappa shape index (κ2) is 7.26. The minimum atomic E-state index is -0.769. The minimum absolute atomic E-state index is 0.0694. The molecule has 3 heterocycles. The molecule has 1 aromatic carbocycles. The number of rotatable bonds is 4. The van der Waals surface area contributed by atoms with Gasteiger partial charge in [0.1, 0.15) is 18.3 Å². The Balaban J connectivity index is 1.66. The molecular formula is C19H18N4O5. The molecule has 3 aromatic rings. The number of nitrogens with zero attached hydrogens (tertiary/aromatic N) is 4. The highest BCUT2D eigenvalue weighted by Crippen LogP contribution is 2.26. The van der Waals surface area contributed by atoms with Crippen LogP contribution in [-0.2, 0) is 22.5 Å². The van der Waals surface area contributed by atoms with Crippen molar-refractivity contribution < 1.29 is 18.8 Å². The van der Waals surface area contributed by atoms with Crippen LogP contribution in [0.5, 0.6) is 0 Å². The minimum Gasteiger partial charge on any atom is -0.461 e. The lowest BCUT2D eigenvalue weighted by Gasteiger charge is -2.29. The van der Waals surface area contributed by atoms with Gasteiger partial charge in [-0.15, -0.1) is 0 Å². The summed E-state index contributed by atoms with van der Waals surface area (Å²) in [5, 5.41) is 3.50. The van der Waals surface area contributed by atoms with E-state index in [4.69, 9.17) is 9.26 Å². The number of benzene rings is 1. The van der Waals surface area contributed by atoms with Gasteiger partial charge in [-0.25, -0.2) is 9.78 Å². The van der Waals surface area contributed by atoms with Crippen molar-refractivity contribution in [3.63, 3.8) is 0 Å². The third kappa shape index (κ3) is 3.04. The lowest BCUT2D eigenvalue weighted by molar-refractivity contribution is -0.119. The van der Waals surface area contributed by atoms with Crippen molar-refractivity contribution in [1.82, 2.24) is 14.7 Å². The van der Waals surface area contributed by atoms with E-state index in [1.165, 1.54) is 6.33 Å². The van der Waals surface area contributed by atoms with Gasteiger partial charge in [0.05, 0.1) is 6.61 Å². The average molecular weight is 382 g/mol. The van der Waals surface area contributed by atoms with Gasteiger partial charge in [-0.2, -0.15) is 0 Å². The monoisotopic (exact) mass is 382 g/mol. The van der Waals surface area contributed by atoms with Crippen molar-refractivity contribution >= 4 is 28.7 Å². The number of hydrogen-bond donors (Lipinski definition) is 0. The van der Waals surface area contributed by atoms with Crippen molar-refractivity contribution in [2.24, 2.45) is 0 Å². The topological polar surface area (TPSA) is 108 Å². The summed E-state index contributed by atoms with van der Waals surface area (Å²) in [4.78, 5) is 43.4. The van der Waals surface area contributed by atoms with Gasteiger partial charge in [-0.1, -0.05) is 23.4 Å². The molecule has 1 aliphatic heterocycles. The highest BCUT2D eigenvalue weighted by atomic mass is 16.5. The predicted molar refractivity (Wildman–Crippen MR) is 99.1 cm³/mol. The van der Waals surface area contributed by atoms with Crippen LogP contribution in [0.2, 0.25) is 0 Å². The lowest BCUT2D eigenvalue weighted by atomic mass is 10.0. The maximum absolute atomic E-state index is 12.9. The Morgan fingerprint density at radius 1 is 1.29 bits per heavy atom. The molecule has 0 aliphatic carbocycles. The van der Waals surface area contributed by atoms with Crippen LogP contribution in [0.4, 0.5) is 5.69 Å². The summed E-state index contributed by atoms with van der Waals surface area (Å²) in [6, 6.07) is 7.72. The van der Waals surface area contributed by atoms with E-state index in [-0.39, 0.29) is 35.9 Å². The number of amides is 1. The molecule has 0 unspecified atom stereocenters. The van der Waals surface area contributed by atoms with Crippen LogP contribution in [0.15, 0.2) is 39.9 Å². The number of esters is 1. The summed E-state index contributed by atoms with van der Waals surface area (Å²) in [5.41, 5.74) is 1.08. The number of carbonyl (C=O) groups excluding carboxylic acids is 2. The maximum Gasteiger partial charge on any atom is 0.361 e. The molecule has 1 amide bonds. The van der Waals surface area contributed by atoms with E-state index in [0.29, 0.717) is 6.54 Å². The Labute approximate surface area is 159 Å². The molecule has 0 saturated heterocycles. The first-order valence-electron chi connectivity index (χ1n) is 9.00. The zero-order valence-corrected chi connectivity index (χ0v) is 15.3. The van der Waals surface area contributed by atoms with Crippen LogP contribution in [0.25, 0.3) is 11.1 Å². The summed E-state index contributed by atoms with van der Waals surface area (Å²) in [6.07, 6.45) is 2.99. The van der Waals surface area contributed by atoms with E-state index in [1.807, 2.05) is 24.3 Å². The van der Waals surface area contributed by atoms with Crippen LogP contribution < -0.4 is 10.5 Å². The summed E-state index contributed by atoms with van der Waals surface area (Å²) < 4.78 is 11.0. The number of aromatic nitrogens is 3. The number of hydrogen-bond acceptors (Lipinski definition) is 7. The number of aryl methyl sites for hydroxylation is 1. The SMILES string of the molecule is CCOC(=O)c1noc2ncn(CC(=O)N3CCCc4ccccc43)c(=O)c12. The van der Waals surface area contributed by atoms with Crippen LogP contribution in [-0.4, -0.2) is 39.7 Å². The molecule has 0 fully saturated rings. The van der Waals surface area contributed by atoms with Crippen molar-refractivity contribution in [2.45, 2.75) is 26.3 Å². The van der Waals surface area contributed by atoms with Crippen LogP contribution in [0.3, 0.4) is 0 Å². The second-order valence-electron chi connectivity index (χ2n) is 6.39. The smallest absolute Gasteiger partial charge is 0.361 e. The molecule has 2 aromatic heterocycles. The van der Waals surface area contributed by atoms with Gasteiger partial charge in [0.25, 0.3) is 11.3 Å². The molecule has 9 nitrogen and oxygen atoms in total. The first kappa shape index (κ1) is 17.9. The Morgan fingerprint density at radius 2 is 2.11 bits per heavy atom. The predicted octanol–water partition coefficient (Wildman–Crippen LogP) is 1.54. The summed E-state index contributed by atoms with van der Waals surface area (Å²) in [6.45, 7) is 2.16. The molecule has 0 bridgehead atoms. The van der Waals surface area contributed by atoms with Crippen molar-refractivity contribution in [3.8, 4) is 0 Å². The molecule has 0 atom stereocenters. The molecule has 1 aliphatic rings. The standard InChI is InChI=1S/C19H18N4O5/c1-2-27-19(26)16-15-17(28-21-16)20-11-22(18(15)25)10-14(24)23-9-5-7-12-6-3-4-8-13(12)23/h3-4,6,8,11H,2,5,7,9-10H2,1H3. The van der Waals surface area contributed by atoms with Crippen molar-refractivity contribution in [3.05, 3.63) is 52.2 Å². The molecule has 0 N–H and O–H groups in total. The Bertz CT molecular complexity index is 1120. The van der Waals surface area contributed by atoms with Crippen LogP contribution in [0.1, 0.15) is 29.4 Å². The lowest BCUT2D eigenvalue weighted by Crippen LogP contribution is -2.39. The quantitative estimate of drug-likeness (QED) is 0.630.